The molecule has 0 radical (unpaired) electrons. The summed E-state index contributed by atoms with van der Waals surface area (Å²) in [5, 5.41) is 10.9. The van der Waals surface area contributed by atoms with Gasteiger partial charge in [0.25, 0.3) is 0 Å². The fraction of sp³-hybridized carbons (Fsp3) is 0.310. The van der Waals surface area contributed by atoms with Gasteiger partial charge in [-0.15, -0.1) is 0 Å². The molecule has 0 aromatic heterocycles. The van der Waals surface area contributed by atoms with Crippen LogP contribution in [0.3, 0.4) is 0 Å². The number of hydrogen-bond donors (Lipinski definition) is 1. The summed E-state index contributed by atoms with van der Waals surface area (Å²) < 4.78 is 5.75. The Morgan fingerprint density at radius 3 is 2.09 bits per heavy atom. The normalized spacial score (nSPS) is 26.3. The van der Waals surface area contributed by atoms with Crippen molar-refractivity contribution in [2.75, 3.05) is 18.1 Å². The van der Waals surface area contributed by atoms with Gasteiger partial charge in [0.1, 0.15) is 5.75 Å². The number of anilines is 1. The highest BCUT2D eigenvalue weighted by Gasteiger charge is 2.68. The van der Waals surface area contributed by atoms with E-state index in [2.05, 4.69) is 6.92 Å². The van der Waals surface area contributed by atoms with E-state index in [0.717, 1.165) is 40.8 Å². The van der Waals surface area contributed by atoms with Gasteiger partial charge in [0.2, 0.25) is 11.8 Å². The second-order valence-electron chi connectivity index (χ2n) is 9.49. The molecule has 0 unspecified atom stereocenters. The zero-order valence-corrected chi connectivity index (χ0v) is 19.1. The van der Waals surface area contributed by atoms with E-state index in [1.165, 1.54) is 4.90 Å². The number of hydrogen-bond acceptors (Lipinski definition) is 4. The Bertz CT molecular complexity index is 1230. The third-order valence-electron chi connectivity index (χ3n) is 7.91. The van der Waals surface area contributed by atoms with Crippen LogP contribution < -0.4 is 9.64 Å². The highest BCUT2D eigenvalue weighted by Crippen LogP contribution is 2.64. The van der Waals surface area contributed by atoms with E-state index in [-0.39, 0.29) is 24.3 Å². The van der Waals surface area contributed by atoms with E-state index in [9.17, 15) is 14.7 Å². The summed E-state index contributed by atoms with van der Waals surface area (Å²) >= 11 is 0. The minimum atomic E-state index is -0.933. The standard InChI is InChI=1S/C29H27NO4/c1-2-3-16-34-19-14-12-18(13-15-19)30-27(32)25-24-20-8-4-6-10-22(20)29(17-31,26(25)28(30)33)23-11-7-5-9-21(23)24/h4-15,24-26,31H,2-3,16-17H2,1H3/t24?,25-,26+,29?/m1/s1. The maximum Gasteiger partial charge on any atom is 0.239 e. The smallest absolute Gasteiger partial charge is 0.239 e. The fourth-order valence-corrected chi connectivity index (χ4v) is 6.48. The van der Waals surface area contributed by atoms with Crippen LogP contribution >= 0.6 is 0 Å². The second-order valence-corrected chi connectivity index (χ2v) is 9.49. The van der Waals surface area contributed by atoms with Crippen LogP contribution in [0.4, 0.5) is 5.69 Å². The average Bonchev–Trinajstić information content (AvgIpc) is 3.15. The fourth-order valence-electron chi connectivity index (χ4n) is 6.48. The Hall–Kier alpha value is -3.44. The lowest BCUT2D eigenvalue weighted by atomic mass is 9.47. The van der Waals surface area contributed by atoms with E-state index in [1.54, 1.807) is 12.1 Å². The number of amides is 2. The molecule has 172 valence electrons. The van der Waals surface area contributed by atoms with Crippen molar-refractivity contribution in [1.29, 1.82) is 0 Å². The molecular weight excluding hydrogens is 426 g/mol. The maximum absolute atomic E-state index is 14.0. The SMILES string of the molecule is CCCCOc1ccc(N2C(=O)[C@@H]3C4c5ccccc5C(CO)(c5ccccc54)[C@@H]3C2=O)cc1. The highest BCUT2D eigenvalue weighted by molar-refractivity contribution is 6.23. The number of rotatable bonds is 6. The third-order valence-corrected chi connectivity index (χ3v) is 7.91. The number of imide groups is 1. The van der Waals surface area contributed by atoms with Gasteiger partial charge in [0, 0.05) is 5.92 Å². The van der Waals surface area contributed by atoms with Crippen LogP contribution in [0, 0.1) is 11.8 Å². The second kappa shape index (κ2) is 7.81. The molecule has 1 saturated heterocycles. The molecule has 5 nitrogen and oxygen atoms in total. The molecule has 1 fully saturated rings. The number of unbranched alkanes of at least 4 members (excludes halogenated alkanes) is 1. The Labute approximate surface area is 199 Å². The summed E-state index contributed by atoms with van der Waals surface area (Å²) in [5.74, 6) is -1.09. The lowest BCUT2D eigenvalue weighted by Crippen LogP contribution is -2.55. The molecule has 5 heteroatoms. The van der Waals surface area contributed by atoms with Crippen molar-refractivity contribution >= 4 is 17.5 Å². The van der Waals surface area contributed by atoms with Crippen molar-refractivity contribution in [3.05, 3.63) is 95.1 Å². The van der Waals surface area contributed by atoms with Crippen LogP contribution in [0.2, 0.25) is 0 Å². The number of carbonyl (C=O) groups is 2. The van der Waals surface area contributed by atoms with Crippen molar-refractivity contribution in [2.24, 2.45) is 11.8 Å². The molecule has 1 heterocycles. The predicted molar refractivity (Wildman–Crippen MR) is 129 cm³/mol. The lowest BCUT2D eigenvalue weighted by molar-refractivity contribution is -0.124. The Balaban J connectivity index is 1.46. The first kappa shape index (κ1) is 21.1. The van der Waals surface area contributed by atoms with E-state index in [4.69, 9.17) is 4.74 Å². The van der Waals surface area contributed by atoms with Gasteiger partial charge in [0.15, 0.2) is 0 Å². The number of carbonyl (C=O) groups excluding carboxylic acids is 2. The zero-order valence-electron chi connectivity index (χ0n) is 19.1. The van der Waals surface area contributed by atoms with Crippen molar-refractivity contribution in [1.82, 2.24) is 0 Å². The molecule has 1 aliphatic heterocycles. The summed E-state index contributed by atoms with van der Waals surface area (Å²) in [4.78, 5) is 29.2. The molecule has 3 aromatic carbocycles. The molecular formula is C29H27NO4. The van der Waals surface area contributed by atoms with Gasteiger partial charge in [-0.25, -0.2) is 4.90 Å². The lowest BCUT2D eigenvalue weighted by Gasteiger charge is -2.53. The predicted octanol–water partition coefficient (Wildman–Crippen LogP) is 4.41. The largest absolute Gasteiger partial charge is 0.494 e. The average molecular weight is 454 g/mol. The maximum atomic E-state index is 14.0. The van der Waals surface area contributed by atoms with E-state index in [1.807, 2.05) is 60.7 Å². The van der Waals surface area contributed by atoms with E-state index >= 15 is 0 Å². The van der Waals surface area contributed by atoms with Gasteiger partial charge in [-0.1, -0.05) is 61.9 Å². The van der Waals surface area contributed by atoms with Crippen molar-refractivity contribution in [3.63, 3.8) is 0 Å². The van der Waals surface area contributed by atoms with Crippen molar-refractivity contribution < 1.29 is 19.4 Å². The van der Waals surface area contributed by atoms with Crippen molar-refractivity contribution in [3.8, 4) is 5.75 Å². The first-order valence-corrected chi connectivity index (χ1v) is 12.0. The zero-order chi connectivity index (χ0) is 23.4. The first-order valence-electron chi connectivity index (χ1n) is 12.0. The minimum absolute atomic E-state index is 0.193. The Kier molecular flexibility index (Phi) is 4.85. The molecule has 1 N–H and O–H groups in total. The van der Waals surface area contributed by atoms with Crippen LogP contribution in [-0.2, 0) is 15.0 Å². The topological polar surface area (TPSA) is 66.8 Å². The molecule has 4 aliphatic rings. The minimum Gasteiger partial charge on any atom is -0.494 e. The van der Waals surface area contributed by atoms with Crippen LogP contribution in [0.1, 0.15) is 47.9 Å². The summed E-state index contributed by atoms with van der Waals surface area (Å²) in [5.41, 5.74) is 3.62. The number of nitrogens with zero attached hydrogens (tertiary/aromatic N) is 1. The summed E-state index contributed by atoms with van der Waals surface area (Å²) in [6.07, 6.45) is 2.02. The Morgan fingerprint density at radius 2 is 1.50 bits per heavy atom. The van der Waals surface area contributed by atoms with E-state index in [0.29, 0.717) is 12.3 Å². The summed E-state index contributed by atoms with van der Waals surface area (Å²) in [7, 11) is 0. The van der Waals surface area contributed by atoms with Crippen LogP contribution in [0.5, 0.6) is 5.75 Å². The molecule has 2 atom stereocenters. The number of aliphatic hydroxyl groups is 1. The molecule has 3 aliphatic carbocycles. The van der Waals surface area contributed by atoms with Gasteiger partial charge in [-0.3, -0.25) is 9.59 Å². The molecule has 3 aromatic rings. The van der Waals surface area contributed by atoms with Gasteiger partial charge in [-0.2, -0.15) is 0 Å². The number of ether oxygens (including phenoxy) is 1. The molecule has 0 spiro atoms. The van der Waals surface area contributed by atoms with Crippen LogP contribution in [0.15, 0.2) is 72.8 Å². The Morgan fingerprint density at radius 1 is 0.882 bits per heavy atom. The number of benzene rings is 3. The van der Waals surface area contributed by atoms with Gasteiger partial charge < -0.3 is 9.84 Å². The van der Waals surface area contributed by atoms with Crippen molar-refractivity contribution in [2.45, 2.75) is 31.1 Å². The molecule has 0 saturated carbocycles. The molecule has 7 rings (SSSR count). The van der Waals surface area contributed by atoms with E-state index < -0.39 is 17.3 Å². The van der Waals surface area contributed by atoms with Crippen LogP contribution in [-0.4, -0.2) is 30.1 Å². The highest BCUT2D eigenvalue weighted by atomic mass is 16.5. The van der Waals surface area contributed by atoms with Crippen LogP contribution in [0.25, 0.3) is 0 Å². The monoisotopic (exact) mass is 453 g/mol. The third kappa shape index (κ3) is 2.65. The van der Waals surface area contributed by atoms with Gasteiger partial charge in [0.05, 0.1) is 36.2 Å². The summed E-state index contributed by atoms with van der Waals surface area (Å²) in [6.45, 7) is 2.52. The van der Waals surface area contributed by atoms with Gasteiger partial charge in [-0.05, 0) is 52.9 Å². The quantitative estimate of drug-likeness (QED) is 0.444. The first-order chi connectivity index (χ1) is 16.6. The number of aliphatic hydroxyl groups excluding tert-OH is 1. The summed E-state index contributed by atoms with van der Waals surface area (Å²) in [6, 6.07) is 23.1. The molecule has 2 amide bonds. The molecule has 34 heavy (non-hydrogen) atoms. The molecule has 2 bridgehead atoms. The van der Waals surface area contributed by atoms with Gasteiger partial charge >= 0.3 is 0 Å².